The highest BCUT2D eigenvalue weighted by atomic mass is 32.1. The van der Waals surface area contributed by atoms with Crippen LogP contribution in [0.2, 0.25) is 0 Å². The number of carbonyl (C=O) groups is 1. The first-order chi connectivity index (χ1) is 8.16. The molecular formula is C15H22OS. The first kappa shape index (κ1) is 12.8. The number of hydrogen-bond acceptors (Lipinski definition) is 2. The molecule has 0 bridgehead atoms. The van der Waals surface area contributed by atoms with Crippen LogP contribution in [0.3, 0.4) is 0 Å². The molecule has 2 atom stereocenters. The van der Waals surface area contributed by atoms with Crippen LogP contribution >= 0.6 is 11.3 Å². The average Bonchev–Trinajstić information content (AvgIpc) is 2.80. The van der Waals surface area contributed by atoms with Crippen LogP contribution in [-0.4, -0.2) is 5.78 Å². The monoisotopic (exact) mass is 250 g/mol. The molecule has 0 aromatic carbocycles. The molecule has 2 heteroatoms. The van der Waals surface area contributed by atoms with Crippen molar-refractivity contribution in [2.75, 3.05) is 0 Å². The van der Waals surface area contributed by atoms with Crippen molar-refractivity contribution in [1.29, 1.82) is 0 Å². The Balaban J connectivity index is 1.87. The third-order valence-electron chi connectivity index (χ3n) is 4.11. The second kappa shape index (κ2) is 5.81. The molecule has 0 radical (unpaired) electrons. The van der Waals surface area contributed by atoms with Gasteiger partial charge in [0, 0.05) is 12.3 Å². The lowest BCUT2D eigenvalue weighted by Crippen LogP contribution is -2.27. The van der Waals surface area contributed by atoms with E-state index in [0.717, 1.165) is 43.9 Å². The largest absolute Gasteiger partial charge is 0.299 e. The van der Waals surface area contributed by atoms with Gasteiger partial charge in [-0.2, -0.15) is 11.3 Å². The van der Waals surface area contributed by atoms with Crippen molar-refractivity contribution in [1.82, 2.24) is 0 Å². The summed E-state index contributed by atoms with van der Waals surface area (Å²) >= 11 is 1.75. The fourth-order valence-corrected chi connectivity index (χ4v) is 3.51. The van der Waals surface area contributed by atoms with E-state index in [-0.39, 0.29) is 0 Å². The van der Waals surface area contributed by atoms with Gasteiger partial charge in [-0.1, -0.05) is 13.8 Å². The minimum Gasteiger partial charge on any atom is -0.299 e. The zero-order chi connectivity index (χ0) is 12.3. The predicted molar refractivity (Wildman–Crippen MR) is 73.3 cm³/mol. The lowest BCUT2D eigenvalue weighted by molar-refractivity contribution is -0.126. The maximum atomic E-state index is 11.9. The summed E-state index contributed by atoms with van der Waals surface area (Å²) in [4.78, 5) is 11.9. The van der Waals surface area contributed by atoms with Gasteiger partial charge in [-0.05, 0) is 59.9 Å². The lowest BCUT2D eigenvalue weighted by atomic mass is 9.74. The fraction of sp³-hybridized carbons (Fsp3) is 0.667. The van der Waals surface area contributed by atoms with E-state index in [4.69, 9.17) is 0 Å². The Morgan fingerprint density at radius 1 is 1.47 bits per heavy atom. The quantitative estimate of drug-likeness (QED) is 0.777. The van der Waals surface area contributed by atoms with Gasteiger partial charge in [0.1, 0.15) is 5.78 Å². The number of hydrogen-bond donors (Lipinski definition) is 0. The fourth-order valence-electron chi connectivity index (χ4n) is 2.81. The van der Waals surface area contributed by atoms with Crippen molar-refractivity contribution in [3.63, 3.8) is 0 Å². The van der Waals surface area contributed by atoms with Gasteiger partial charge in [-0.3, -0.25) is 4.79 Å². The summed E-state index contributed by atoms with van der Waals surface area (Å²) in [6.07, 6.45) is 5.19. The van der Waals surface area contributed by atoms with E-state index in [0.29, 0.717) is 11.7 Å². The Labute approximate surface area is 108 Å². The van der Waals surface area contributed by atoms with E-state index in [2.05, 4.69) is 30.7 Å². The van der Waals surface area contributed by atoms with Crippen molar-refractivity contribution < 1.29 is 4.79 Å². The highest BCUT2D eigenvalue weighted by Gasteiger charge is 2.29. The van der Waals surface area contributed by atoms with Crippen LogP contribution in [0.5, 0.6) is 0 Å². The summed E-state index contributed by atoms with van der Waals surface area (Å²) in [7, 11) is 0. The molecule has 1 aliphatic rings. The molecule has 1 heterocycles. The van der Waals surface area contributed by atoms with E-state index in [1.807, 2.05) is 0 Å². The van der Waals surface area contributed by atoms with Crippen molar-refractivity contribution in [3.8, 4) is 0 Å². The van der Waals surface area contributed by atoms with E-state index in [9.17, 15) is 4.79 Å². The molecule has 0 spiro atoms. The molecule has 1 aliphatic carbocycles. The van der Waals surface area contributed by atoms with Crippen LogP contribution in [0.4, 0.5) is 0 Å². The van der Waals surface area contributed by atoms with Gasteiger partial charge in [0.25, 0.3) is 0 Å². The van der Waals surface area contributed by atoms with Crippen LogP contribution in [0.25, 0.3) is 0 Å². The van der Waals surface area contributed by atoms with Crippen LogP contribution < -0.4 is 0 Å². The summed E-state index contributed by atoms with van der Waals surface area (Å²) in [6, 6.07) is 2.18. The Hall–Kier alpha value is -0.630. The van der Waals surface area contributed by atoms with E-state index in [1.165, 1.54) is 5.56 Å². The van der Waals surface area contributed by atoms with Crippen molar-refractivity contribution >= 4 is 17.1 Å². The first-order valence-electron chi connectivity index (χ1n) is 6.70. The predicted octanol–water partition coefficient (Wildman–Crippen LogP) is 4.32. The standard InChI is InChI=1S/C15H22OS/c1-11(2)13-5-6-15(16)14(9-13)4-3-12-7-8-17-10-12/h7-8,10-11,13-14H,3-6,9H2,1-2H3. The molecule has 1 saturated carbocycles. The lowest BCUT2D eigenvalue weighted by Gasteiger charge is -2.30. The molecule has 1 aromatic rings. The molecule has 0 N–H and O–H groups in total. The molecule has 17 heavy (non-hydrogen) atoms. The molecule has 0 amide bonds. The van der Waals surface area contributed by atoms with Crippen LogP contribution in [0.1, 0.15) is 45.1 Å². The normalized spacial score (nSPS) is 25.5. The van der Waals surface area contributed by atoms with Gasteiger partial charge in [-0.15, -0.1) is 0 Å². The number of rotatable bonds is 4. The molecule has 0 aliphatic heterocycles. The zero-order valence-corrected chi connectivity index (χ0v) is 11.6. The smallest absolute Gasteiger partial charge is 0.136 e. The van der Waals surface area contributed by atoms with Gasteiger partial charge in [0.15, 0.2) is 0 Å². The Bertz CT molecular complexity index is 353. The Kier molecular flexibility index (Phi) is 4.38. The average molecular weight is 250 g/mol. The summed E-state index contributed by atoms with van der Waals surface area (Å²) in [6.45, 7) is 4.58. The second-order valence-corrected chi connectivity index (χ2v) is 6.39. The molecule has 2 rings (SSSR count). The molecule has 1 aromatic heterocycles. The van der Waals surface area contributed by atoms with Crippen LogP contribution in [0, 0.1) is 17.8 Å². The van der Waals surface area contributed by atoms with Crippen LogP contribution in [0.15, 0.2) is 16.8 Å². The summed E-state index contributed by atoms with van der Waals surface area (Å²) < 4.78 is 0. The third-order valence-corrected chi connectivity index (χ3v) is 4.84. The molecule has 2 unspecified atom stereocenters. The molecule has 1 nitrogen and oxygen atoms in total. The number of aryl methyl sites for hydroxylation is 1. The highest BCUT2D eigenvalue weighted by molar-refractivity contribution is 7.07. The number of thiophene rings is 1. The SMILES string of the molecule is CC(C)C1CCC(=O)C(CCc2ccsc2)C1. The maximum absolute atomic E-state index is 11.9. The van der Waals surface area contributed by atoms with E-state index >= 15 is 0 Å². The number of ketones is 1. The molecular weight excluding hydrogens is 228 g/mol. The third kappa shape index (κ3) is 3.41. The van der Waals surface area contributed by atoms with Crippen LogP contribution in [-0.2, 0) is 11.2 Å². The van der Waals surface area contributed by atoms with Gasteiger partial charge in [-0.25, -0.2) is 0 Å². The number of carbonyl (C=O) groups excluding carboxylic acids is 1. The van der Waals surface area contributed by atoms with Gasteiger partial charge in [0.05, 0.1) is 0 Å². The minimum atomic E-state index is 0.330. The number of Topliss-reactive ketones (excluding diaryl/α,β-unsaturated/α-hetero) is 1. The second-order valence-electron chi connectivity index (χ2n) is 5.61. The molecule has 94 valence electrons. The molecule has 1 fully saturated rings. The molecule has 0 saturated heterocycles. The van der Waals surface area contributed by atoms with Crippen molar-refractivity contribution in [2.24, 2.45) is 17.8 Å². The summed E-state index contributed by atoms with van der Waals surface area (Å²) in [5, 5.41) is 4.32. The highest BCUT2D eigenvalue weighted by Crippen LogP contribution is 2.33. The summed E-state index contributed by atoms with van der Waals surface area (Å²) in [5.74, 6) is 2.33. The summed E-state index contributed by atoms with van der Waals surface area (Å²) in [5.41, 5.74) is 1.40. The van der Waals surface area contributed by atoms with E-state index in [1.54, 1.807) is 11.3 Å². The van der Waals surface area contributed by atoms with E-state index < -0.39 is 0 Å². The Morgan fingerprint density at radius 3 is 2.94 bits per heavy atom. The van der Waals surface area contributed by atoms with Gasteiger partial charge >= 0.3 is 0 Å². The first-order valence-corrected chi connectivity index (χ1v) is 7.65. The zero-order valence-electron chi connectivity index (χ0n) is 10.8. The maximum Gasteiger partial charge on any atom is 0.136 e. The van der Waals surface area contributed by atoms with Gasteiger partial charge < -0.3 is 0 Å². The van der Waals surface area contributed by atoms with Crippen molar-refractivity contribution in [2.45, 2.75) is 46.0 Å². The van der Waals surface area contributed by atoms with Gasteiger partial charge in [0.2, 0.25) is 0 Å². The topological polar surface area (TPSA) is 17.1 Å². The van der Waals surface area contributed by atoms with Crippen molar-refractivity contribution in [3.05, 3.63) is 22.4 Å². The minimum absolute atomic E-state index is 0.330. The Morgan fingerprint density at radius 2 is 2.29 bits per heavy atom.